The number of hydrogen-bond donors (Lipinski definition) is 2. The number of carboxylic acids is 1. The second kappa shape index (κ2) is 11.4. The average molecular weight is 480 g/mol. The van der Waals surface area contributed by atoms with Gasteiger partial charge in [0.15, 0.2) is 0 Å². The zero-order chi connectivity index (χ0) is 24.8. The molecule has 8 nitrogen and oxygen atoms in total. The third-order valence-corrected chi connectivity index (χ3v) is 6.78. The van der Waals surface area contributed by atoms with Crippen molar-refractivity contribution in [2.75, 3.05) is 39.3 Å². The van der Waals surface area contributed by atoms with Crippen LogP contribution in [0.25, 0.3) is 11.1 Å². The van der Waals surface area contributed by atoms with E-state index in [4.69, 9.17) is 9.84 Å². The zero-order valence-corrected chi connectivity index (χ0v) is 20.1. The summed E-state index contributed by atoms with van der Waals surface area (Å²) < 4.78 is 5.65. The number of alkyl carbamates (subject to hydrolysis) is 1. The summed E-state index contributed by atoms with van der Waals surface area (Å²) in [6.45, 7) is 3.88. The summed E-state index contributed by atoms with van der Waals surface area (Å²) in [7, 11) is 0. The topological polar surface area (TPSA) is 99.2 Å². The number of likely N-dealkylation sites (tertiary alicyclic amines) is 1. The first-order chi connectivity index (χ1) is 17.0. The van der Waals surface area contributed by atoms with E-state index in [2.05, 4.69) is 29.6 Å². The van der Waals surface area contributed by atoms with E-state index in [0.717, 1.165) is 0 Å². The second-order valence-corrected chi connectivity index (χ2v) is 9.23. The highest BCUT2D eigenvalue weighted by molar-refractivity contribution is 5.83. The van der Waals surface area contributed by atoms with Gasteiger partial charge in [-0.05, 0) is 41.5 Å². The van der Waals surface area contributed by atoms with Crippen LogP contribution in [0.2, 0.25) is 0 Å². The minimum atomic E-state index is -1.00. The third kappa shape index (κ3) is 6.00. The molecule has 4 rings (SSSR count). The van der Waals surface area contributed by atoms with Gasteiger partial charge in [-0.3, -0.25) is 14.5 Å². The molecule has 0 radical (unpaired) electrons. The van der Waals surface area contributed by atoms with Crippen molar-refractivity contribution in [1.82, 2.24) is 15.1 Å². The number of carbonyl (C=O) groups is 3. The predicted octanol–water partition coefficient (Wildman–Crippen LogP) is 3.31. The van der Waals surface area contributed by atoms with Crippen LogP contribution in [0, 0.1) is 0 Å². The summed E-state index contributed by atoms with van der Waals surface area (Å²) in [5, 5.41) is 12.0. The van der Waals surface area contributed by atoms with Gasteiger partial charge in [-0.25, -0.2) is 4.79 Å². The number of rotatable bonds is 9. The van der Waals surface area contributed by atoms with Crippen LogP contribution in [-0.2, 0) is 14.3 Å². The van der Waals surface area contributed by atoms with E-state index in [1.807, 2.05) is 36.1 Å². The monoisotopic (exact) mass is 479 g/mol. The number of carbonyl (C=O) groups excluding carboxylic acids is 2. The average Bonchev–Trinajstić information content (AvgIpc) is 3.17. The Balaban J connectivity index is 1.24. The Morgan fingerprint density at radius 3 is 2.20 bits per heavy atom. The van der Waals surface area contributed by atoms with Gasteiger partial charge in [-0.2, -0.15) is 0 Å². The second-order valence-electron chi connectivity index (χ2n) is 9.23. The fourth-order valence-corrected chi connectivity index (χ4v) is 5.06. The van der Waals surface area contributed by atoms with E-state index in [0.29, 0.717) is 38.9 Å². The molecule has 2 aromatic carbocycles. The highest BCUT2D eigenvalue weighted by Gasteiger charge is 2.30. The van der Waals surface area contributed by atoms with Crippen molar-refractivity contribution in [3.05, 3.63) is 59.7 Å². The minimum absolute atomic E-state index is 0.0113. The Hall–Kier alpha value is -3.39. The van der Waals surface area contributed by atoms with Gasteiger partial charge in [0.05, 0.1) is 6.54 Å². The first-order valence-corrected chi connectivity index (χ1v) is 12.3. The number of nitrogens with one attached hydrogen (secondary N) is 1. The highest BCUT2D eigenvalue weighted by Crippen LogP contribution is 2.44. The van der Waals surface area contributed by atoms with Gasteiger partial charge in [0.1, 0.15) is 13.2 Å². The van der Waals surface area contributed by atoms with Crippen LogP contribution in [0.3, 0.4) is 0 Å². The van der Waals surface area contributed by atoms with E-state index in [1.54, 1.807) is 0 Å². The van der Waals surface area contributed by atoms with E-state index in [-0.39, 0.29) is 37.6 Å². The summed E-state index contributed by atoms with van der Waals surface area (Å²) in [4.78, 5) is 39.5. The van der Waals surface area contributed by atoms with Crippen molar-refractivity contribution < 1.29 is 24.2 Å². The molecule has 2 amide bonds. The quantitative estimate of drug-likeness (QED) is 0.573. The van der Waals surface area contributed by atoms with Gasteiger partial charge < -0.3 is 20.1 Å². The fraction of sp³-hybridized carbons (Fsp3) is 0.444. The molecule has 2 aromatic rings. The lowest BCUT2D eigenvalue weighted by Crippen LogP contribution is -2.49. The molecule has 0 bridgehead atoms. The summed E-state index contributed by atoms with van der Waals surface area (Å²) in [5.41, 5.74) is 4.75. The number of aliphatic carboxylic acids is 1. The molecule has 0 saturated carbocycles. The van der Waals surface area contributed by atoms with Crippen LogP contribution >= 0.6 is 0 Å². The van der Waals surface area contributed by atoms with Crippen LogP contribution in [0.1, 0.15) is 43.2 Å². The van der Waals surface area contributed by atoms with Crippen LogP contribution < -0.4 is 5.32 Å². The molecule has 2 aliphatic rings. The Morgan fingerprint density at radius 1 is 1.03 bits per heavy atom. The van der Waals surface area contributed by atoms with Crippen LogP contribution in [0.15, 0.2) is 48.5 Å². The van der Waals surface area contributed by atoms with Crippen molar-refractivity contribution in [1.29, 1.82) is 0 Å². The maximum Gasteiger partial charge on any atom is 0.407 e. The summed E-state index contributed by atoms with van der Waals surface area (Å²) in [5.74, 6) is -1.15. The molecule has 35 heavy (non-hydrogen) atoms. The van der Waals surface area contributed by atoms with E-state index in [1.165, 1.54) is 27.2 Å². The van der Waals surface area contributed by atoms with Crippen LogP contribution in [-0.4, -0.2) is 78.2 Å². The van der Waals surface area contributed by atoms with Crippen molar-refractivity contribution in [2.45, 2.75) is 38.1 Å². The summed E-state index contributed by atoms with van der Waals surface area (Å²) in [6, 6.07) is 16.5. The number of hydrogen-bond acceptors (Lipinski definition) is 5. The largest absolute Gasteiger partial charge is 0.480 e. The van der Waals surface area contributed by atoms with Crippen molar-refractivity contribution >= 4 is 18.0 Å². The van der Waals surface area contributed by atoms with Gasteiger partial charge >= 0.3 is 12.1 Å². The highest BCUT2D eigenvalue weighted by atomic mass is 16.5. The lowest BCUT2D eigenvalue weighted by atomic mass is 9.98. The molecule has 1 heterocycles. The zero-order valence-electron chi connectivity index (χ0n) is 20.1. The Kier molecular flexibility index (Phi) is 8.02. The molecule has 1 aliphatic carbocycles. The van der Waals surface area contributed by atoms with Gasteiger partial charge in [-0.1, -0.05) is 55.5 Å². The van der Waals surface area contributed by atoms with Crippen LogP contribution in [0.5, 0.6) is 0 Å². The van der Waals surface area contributed by atoms with Gasteiger partial charge in [-0.15, -0.1) is 0 Å². The lowest BCUT2D eigenvalue weighted by Gasteiger charge is -2.33. The molecule has 0 unspecified atom stereocenters. The normalized spacial score (nSPS) is 15.8. The Bertz CT molecular complexity index is 1020. The first kappa shape index (κ1) is 24.7. The number of nitrogens with zero attached hydrogens (tertiary/aromatic N) is 2. The molecule has 8 heteroatoms. The number of carboxylic acid groups (broad SMARTS) is 1. The van der Waals surface area contributed by atoms with E-state index in [9.17, 15) is 14.4 Å². The predicted molar refractivity (Wildman–Crippen MR) is 132 cm³/mol. The number of piperidine rings is 1. The molecule has 2 N–H and O–H groups in total. The number of amides is 2. The molecule has 0 aromatic heterocycles. The van der Waals surface area contributed by atoms with E-state index >= 15 is 0 Å². The number of ether oxygens (including phenoxy) is 1. The maximum atomic E-state index is 12.6. The molecule has 186 valence electrons. The smallest absolute Gasteiger partial charge is 0.407 e. The fourth-order valence-electron chi connectivity index (χ4n) is 5.06. The van der Waals surface area contributed by atoms with Crippen molar-refractivity contribution in [3.8, 4) is 11.1 Å². The summed E-state index contributed by atoms with van der Waals surface area (Å²) >= 11 is 0. The minimum Gasteiger partial charge on any atom is -0.480 e. The first-order valence-electron chi connectivity index (χ1n) is 12.3. The van der Waals surface area contributed by atoms with Gasteiger partial charge in [0, 0.05) is 31.6 Å². The van der Waals surface area contributed by atoms with Crippen molar-refractivity contribution in [2.24, 2.45) is 0 Å². The molecule has 1 saturated heterocycles. The van der Waals surface area contributed by atoms with Crippen LogP contribution in [0.4, 0.5) is 4.79 Å². The lowest BCUT2D eigenvalue weighted by molar-refractivity contribution is -0.145. The molecule has 1 aliphatic heterocycles. The number of fused-ring (bicyclic) bond motifs is 3. The van der Waals surface area contributed by atoms with Crippen molar-refractivity contribution in [3.63, 3.8) is 0 Å². The number of benzene rings is 2. The molecular formula is C27H33N3O5. The summed E-state index contributed by atoms with van der Waals surface area (Å²) in [6.07, 6.45) is 1.72. The Morgan fingerprint density at radius 2 is 1.63 bits per heavy atom. The van der Waals surface area contributed by atoms with E-state index < -0.39 is 12.1 Å². The standard InChI is InChI=1S/C27H33N3O5/c1-2-13-30(17-26(32)33)25(31)16-29-14-11-19(12-15-29)28-27(34)35-18-24-22-9-5-3-7-20(22)21-8-4-6-10-23(21)24/h3-10,19,24H,2,11-18H2,1H3,(H,28,34)(H,32,33). The molecule has 1 fully saturated rings. The molecular weight excluding hydrogens is 446 g/mol. The molecule has 0 atom stereocenters. The Labute approximate surface area is 205 Å². The maximum absolute atomic E-state index is 12.6. The van der Waals surface area contributed by atoms with Gasteiger partial charge in [0.2, 0.25) is 5.91 Å². The van der Waals surface area contributed by atoms with Gasteiger partial charge in [0.25, 0.3) is 0 Å². The SMILES string of the molecule is CCCN(CC(=O)O)C(=O)CN1CCC(NC(=O)OCC2c3ccccc3-c3ccccc32)CC1. The third-order valence-electron chi connectivity index (χ3n) is 6.78. The molecule has 0 spiro atoms.